The summed E-state index contributed by atoms with van der Waals surface area (Å²) in [5.41, 5.74) is 1.88. The lowest BCUT2D eigenvalue weighted by molar-refractivity contribution is 0.629. The molecule has 4 heteroatoms. The molecule has 13 heavy (non-hydrogen) atoms. The number of hydrogen-bond donors (Lipinski definition) is 0. The number of nitrogens with zero attached hydrogens (tertiary/aromatic N) is 1. The molecular formula is C9H6ClFIN. The van der Waals surface area contributed by atoms with Gasteiger partial charge in [0.1, 0.15) is 5.82 Å². The molecule has 2 rings (SSSR count). The van der Waals surface area contributed by atoms with E-state index in [2.05, 4.69) is 22.9 Å². The van der Waals surface area contributed by atoms with Gasteiger partial charge in [0.15, 0.2) is 0 Å². The molecule has 0 radical (unpaired) electrons. The molecule has 1 heterocycles. The van der Waals surface area contributed by atoms with Crippen molar-refractivity contribution in [2.24, 2.45) is 0 Å². The summed E-state index contributed by atoms with van der Waals surface area (Å²) in [6.07, 6.45) is 0. The Morgan fingerprint density at radius 2 is 2.08 bits per heavy atom. The largest absolute Gasteiger partial charge is 0.287 e. The van der Waals surface area contributed by atoms with Gasteiger partial charge in [-0.1, -0.05) is 11.6 Å². The van der Waals surface area contributed by atoms with Crippen LogP contribution < -0.4 is 0 Å². The van der Waals surface area contributed by atoms with Crippen LogP contribution in [0.15, 0.2) is 18.2 Å². The highest BCUT2D eigenvalue weighted by molar-refractivity contribution is 14.1. The minimum atomic E-state index is -0.298. The molecule has 0 atom stereocenters. The van der Waals surface area contributed by atoms with Gasteiger partial charge in [0.25, 0.3) is 0 Å². The fourth-order valence-corrected chi connectivity index (χ4v) is 2.13. The minimum absolute atomic E-state index is 0.298. The SMILES string of the molecule is Cc1cc2c(Cl)cc(F)cc2n1I. The normalized spacial score (nSPS) is 11.1. The first-order chi connectivity index (χ1) is 6.09. The molecule has 0 N–H and O–H groups in total. The van der Waals surface area contributed by atoms with E-state index in [1.54, 1.807) is 0 Å². The Hall–Kier alpha value is -0.290. The van der Waals surface area contributed by atoms with Crippen LogP contribution in [-0.2, 0) is 0 Å². The molecule has 0 fully saturated rings. The van der Waals surface area contributed by atoms with Crippen LogP contribution in [0.5, 0.6) is 0 Å². The quantitative estimate of drug-likeness (QED) is 0.650. The van der Waals surface area contributed by atoms with Gasteiger partial charge in [-0.15, -0.1) is 0 Å². The molecule has 0 unspecified atom stereocenters. The fourth-order valence-electron chi connectivity index (χ4n) is 1.33. The van der Waals surface area contributed by atoms with E-state index in [0.717, 1.165) is 16.6 Å². The molecule has 1 aromatic heterocycles. The number of halogens is 3. The first kappa shape index (κ1) is 9.27. The van der Waals surface area contributed by atoms with Crippen LogP contribution in [-0.4, -0.2) is 2.78 Å². The monoisotopic (exact) mass is 309 g/mol. The van der Waals surface area contributed by atoms with Crippen LogP contribution >= 0.6 is 34.5 Å². The third kappa shape index (κ3) is 1.44. The van der Waals surface area contributed by atoms with E-state index in [9.17, 15) is 4.39 Å². The van der Waals surface area contributed by atoms with E-state index in [-0.39, 0.29) is 5.82 Å². The van der Waals surface area contributed by atoms with E-state index in [1.165, 1.54) is 12.1 Å². The predicted molar refractivity (Wildman–Crippen MR) is 61.1 cm³/mol. The summed E-state index contributed by atoms with van der Waals surface area (Å²) in [4.78, 5) is 0. The molecular weight excluding hydrogens is 303 g/mol. The second kappa shape index (κ2) is 3.13. The van der Waals surface area contributed by atoms with E-state index < -0.39 is 0 Å². The molecule has 0 aliphatic rings. The van der Waals surface area contributed by atoms with Crippen molar-refractivity contribution < 1.29 is 4.39 Å². The molecule has 2 aromatic rings. The first-order valence-electron chi connectivity index (χ1n) is 3.73. The Balaban J connectivity index is 2.94. The molecule has 1 nitrogen and oxygen atoms in total. The zero-order valence-electron chi connectivity index (χ0n) is 6.81. The van der Waals surface area contributed by atoms with Gasteiger partial charge in [0.05, 0.1) is 33.4 Å². The molecule has 0 saturated carbocycles. The smallest absolute Gasteiger partial charge is 0.126 e. The number of benzene rings is 1. The van der Waals surface area contributed by atoms with Gasteiger partial charge in [-0.05, 0) is 25.1 Å². The van der Waals surface area contributed by atoms with Crippen LogP contribution in [0.25, 0.3) is 10.9 Å². The number of aromatic nitrogens is 1. The van der Waals surface area contributed by atoms with Crippen LogP contribution in [0.1, 0.15) is 5.69 Å². The molecule has 68 valence electrons. The van der Waals surface area contributed by atoms with E-state index in [0.29, 0.717) is 5.02 Å². The summed E-state index contributed by atoms with van der Waals surface area (Å²) in [7, 11) is 0. The number of fused-ring (bicyclic) bond motifs is 1. The molecule has 0 aliphatic carbocycles. The average molecular weight is 310 g/mol. The highest BCUT2D eigenvalue weighted by atomic mass is 127. The first-order valence-corrected chi connectivity index (χ1v) is 5.07. The molecule has 0 aliphatic heterocycles. The lowest BCUT2D eigenvalue weighted by Gasteiger charge is -1.97. The molecule has 0 spiro atoms. The van der Waals surface area contributed by atoms with E-state index in [1.807, 2.05) is 15.8 Å². The van der Waals surface area contributed by atoms with Gasteiger partial charge in [-0.2, -0.15) is 0 Å². The van der Waals surface area contributed by atoms with E-state index >= 15 is 0 Å². The van der Waals surface area contributed by atoms with Crippen molar-refractivity contribution in [3.8, 4) is 0 Å². The highest BCUT2D eigenvalue weighted by Gasteiger charge is 2.08. The van der Waals surface area contributed by atoms with Crippen molar-refractivity contribution in [3.05, 3.63) is 34.7 Å². The summed E-state index contributed by atoms with van der Waals surface area (Å²) in [6.45, 7) is 1.96. The molecule has 0 amide bonds. The maximum Gasteiger partial charge on any atom is 0.126 e. The maximum atomic E-state index is 13.0. The lowest BCUT2D eigenvalue weighted by Crippen LogP contribution is -1.82. The van der Waals surface area contributed by atoms with E-state index in [4.69, 9.17) is 11.6 Å². The van der Waals surface area contributed by atoms with Crippen molar-refractivity contribution in [2.45, 2.75) is 6.92 Å². The maximum absolute atomic E-state index is 13.0. The Morgan fingerprint density at radius 1 is 1.38 bits per heavy atom. The molecule has 0 saturated heterocycles. The van der Waals surface area contributed by atoms with Crippen molar-refractivity contribution in [1.82, 2.24) is 2.78 Å². The summed E-state index contributed by atoms with van der Waals surface area (Å²) in [6, 6.07) is 4.77. The average Bonchev–Trinajstić information content (AvgIpc) is 2.32. The topological polar surface area (TPSA) is 4.93 Å². The van der Waals surface area contributed by atoms with Gasteiger partial charge in [0, 0.05) is 11.1 Å². The van der Waals surface area contributed by atoms with Gasteiger partial charge < -0.3 is 0 Å². The number of rotatable bonds is 0. The Kier molecular flexibility index (Phi) is 2.23. The number of aryl methyl sites for hydroxylation is 1. The molecule has 0 bridgehead atoms. The third-order valence-corrected chi connectivity index (χ3v) is 3.54. The van der Waals surface area contributed by atoms with Crippen molar-refractivity contribution in [2.75, 3.05) is 0 Å². The predicted octanol–water partition coefficient (Wildman–Crippen LogP) is 3.94. The summed E-state index contributed by atoms with van der Waals surface area (Å²) in [5, 5.41) is 1.36. The van der Waals surface area contributed by atoms with Crippen molar-refractivity contribution in [3.63, 3.8) is 0 Å². The van der Waals surface area contributed by atoms with Gasteiger partial charge in [0.2, 0.25) is 0 Å². The molecule has 1 aromatic carbocycles. The van der Waals surface area contributed by atoms with Crippen LogP contribution in [0.4, 0.5) is 4.39 Å². The lowest BCUT2D eigenvalue weighted by atomic mass is 10.2. The minimum Gasteiger partial charge on any atom is -0.287 e. The fraction of sp³-hybridized carbons (Fsp3) is 0.111. The standard InChI is InChI=1S/C9H6ClFIN/c1-5-2-7-8(10)3-6(11)4-9(7)13(5)12/h2-4H,1H3. The Labute approximate surface area is 94.0 Å². The third-order valence-electron chi connectivity index (χ3n) is 1.95. The summed E-state index contributed by atoms with van der Waals surface area (Å²) < 4.78 is 14.9. The Morgan fingerprint density at radius 3 is 2.77 bits per heavy atom. The Bertz CT molecular complexity index is 478. The second-order valence-corrected chi connectivity index (χ2v) is 4.26. The van der Waals surface area contributed by atoms with Gasteiger partial charge in [-0.25, -0.2) is 4.39 Å². The van der Waals surface area contributed by atoms with Crippen LogP contribution in [0.3, 0.4) is 0 Å². The van der Waals surface area contributed by atoms with Crippen LogP contribution in [0.2, 0.25) is 5.02 Å². The highest BCUT2D eigenvalue weighted by Crippen LogP contribution is 2.29. The van der Waals surface area contributed by atoms with Gasteiger partial charge >= 0.3 is 0 Å². The zero-order chi connectivity index (χ0) is 9.59. The van der Waals surface area contributed by atoms with Crippen LogP contribution in [0, 0.1) is 12.7 Å². The second-order valence-electron chi connectivity index (χ2n) is 2.89. The zero-order valence-corrected chi connectivity index (χ0v) is 9.73. The van der Waals surface area contributed by atoms with Crippen molar-refractivity contribution in [1.29, 1.82) is 0 Å². The van der Waals surface area contributed by atoms with Gasteiger partial charge in [-0.3, -0.25) is 2.78 Å². The van der Waals surface area contributed by atoms with Crippen molar-refractivity contribution >= 4 is 45.4 Å². The number of hydrogen-bond acceptors (Lipinski definition) is 0. The summed E-state index contributed by atoms with van der Waals surface area (Å²) in [5.74, 6) is -0.298. The summed E-state index contributed by atoms with van der Waals surface area (Å²) >= 11 is 8.01.